The fraction of sp³-hybridized carbons (Fsp3) is 0.231. The molecule has 0 radical (unpaired) electrons. The number of aromatic hydroxyl groups is 2. The lowest BCUT2D eigenvalue weighted by Crippen LogP contribution is -2.23. The Labute approximate surface area is 261 Å². The second-order valence-electron chi connectivity index (χ2n) is 11.7. The molecule has 0 aliphatic carbocycles. The maximum absolute atomic E-state index is 11.4. The van der Waals surface area contributed by atoms with Gasteiger partial charge in [-0.05, 0) is 30.5 Å². The zero-order valence-corrected chi connectivity index (χ0v) is 25.8. The van der Waals surface area contributed by atoms with Crippen molar-refractivity contribution in [2.75, 3.05) is 0 Å². The number of aryl methyl sites for hydroxylation is 2. The van der Waals surface area contributed by atoms with Crippen molar-refractivity contribution in [1.82, 2.24) is 15.5 Å². The van der Waals surface area contributed by atoms with Gasteiger partial charge in [-0.15, -0.1) is 0 Å². The standard InChI is InChI=1S/C39H43N3O2/c1-29-18-34(24-40-22-31-12-6-3-7-13-31)38(43)36(20-29)27-42(26-33-16-10-5-11-17-33)28-37-21-30(2)19-35(39(37)44)25-41-23-32-14-8-4-9-15-32/h3-21,40-41,43-44H,22-28H2,1-2H3. The summed E-state index contributed by atoms with van der Waals surface area (Å²) in [7, 11) is 0. The van der Waals surface area contributed by atoms with Crippen molar-refractivity contribution in [2.24, 2.45) is 0 Å². The van der Waals surface area contributed by atoms with Crippen molar-refractivity contribution >= 4 is 0 Å². The third-order valence-electron chi connectivity index (χ3n) is 7.84. The van der Waals surface area contributed by atoms with Crippen LogP contribution in [0.2, 0.25) is 0 Å². The fourth-order valence-electron chi connectivity index (χ4n) is 5.74. The molecule has 5 nitrogen and oxygen atoms in total. The van der Waals surface area contributed by atoms with Crippen molar-refractivity contribution in [2.45, 2.75) is 59.7 Å². The molecule has 226 valence electrons. The van der Waals surface area contributed by atoms with Gasteiger partial charge in [0.15, 0.2) is 0 Å². The van der Waals surface area contributed by atoms with Crippen LogP contribution in [-0.4, -0.2) is 15.1 Å². The Bertz CT molecular complexity index is 1520. The molecule has 44 heavy (non-hydrogen) atoms. The second kappa shape index (κ2) is 15.3. The molecule has 0 spiro atoms. The number of phenols is 2. The Hall–Kier alpha value is -4.42. The van der Waals surface area contributed by atoms with Crippen LogP contribution in [0.15, 0.2) is 115 Å². The van der Waals surface area contributed by atoms with Gasteiger partial charge in [0.05, 0.1) is 0 Å². The molecule has 0 aromatic heterocycles. The zero-order valence-electron chi connectivity index (χ0n) is 25.8. The zero-order chi connectivity index (χ0) is 30.7. The van der Waals surface area contributed by atoms with E-state index >= 15 is 0 Å². The van der Waals surface area contributed by atoms with Crippen molar-refractivity contribution in [3.05, 3.63) is 165 Å². The first kappa shape index (κ1) is 31.0. The summed E-state index contributed by atoms with van der Waals surface area (Å²) < 4.78 is 0. The number of nitrogens with zero attached hydrogens (tertiary/aromatic N) is 1. The molecule has 0 aliphatic heterocycles. The molecule has 0 atom stereocenters. The summed E-state index contributed by atoms with van der Waals surface area (Å²) in [4.78, 5) is 2.29. The first-order chi connectivity index (χ1) is 21.4. The van der Waals surface area contributed by atoms with Crippen molar-refractivity contribution in [3.8, 4) is 11.5 Å². The lowest BCUT2D eigenvalue weighted by atomic mass is 10.0. The summed E-state index contributed by atoms with van der Waals surface area (Å²) >= 11 is 0. The van der Waals surface area contributed by atoms with Gasteiger partial charge in [-0.1, -0.05) is 126 Å². The second-order valence-corrected chi connectivity index (χ2v) is 11.7. The number of nitrogens with one attached hydrogen (secondary N) is 2. The number of benzene rings is 5. The van der Waals surface area contributed by atoms with E-state index in [4.69, 9.17) is 0 Å². The number of rotatable bonds is 14. The minimum atomic E-state index is 0.327. The van der Waals surface area contributed by atoms with Crippen molar-refractivity contribution in [3.63, 3.8) is 0 Å². The third kappa shape index (κ3) is 8.80. The minimum absolute atomic E-state index is 0.327. The van der Waals surface area contributed by atoms with E-state index in [-0.39, 0.29) is 0 Å². The molecule has 5 aromatic carbocycles. The molecule has 0 bridgehead atoms. The van der Waals surface area contributed by atoms with E-state index in [1.54, 1.807) is 0 Å². The first-order valence-electron chi connectivity index (χ1n) is 15.3. The van der Waals surface area contributed by atoms with Gasteiger partial charge in [0.2, 0.25) is 0 Å². The highest BCUT2D eigenvalue weighted by atomic mass is 16.3. The Morgan fingerprint density at radius 3 is 1.23 bits per heavy atom. The van der Waals surface area contributed by atoms with Gasteiger partial charge in [-0.25, -0.2) is 0 Å². The molecule has 4 N–H and O–H groups in total. The van der Waals surface area contributed by atoms with Gasteiger partial charge in [-0.2, -0.15) is 0 Å². The highest BCUT2D eigenvalue weighted by Crippen LogP contribution is 2.30. The van der Waals surface area contributed by atoms with Crippen LogP contribution in [0, 0.1) is 13.8 Å². The molecule has 0 fully saturated rings. The molecule has 5 rings (SSSR count). The van der Waals surface area contributed by atoms with Crippen LogP contribution in [0.5, 0.6) is 11.5 Å². The average molecular weight is 586 g/mol. The van der Waals surface area contributed by atoms with Crippen LogP contribution in [0.1, 0.15) is 50.1 Å². The largest absolute Gasteiger partial charge is 0.507 e. The monoisotopic (exact) mass is 585 g/mol. The predicted octanol–water partition coefficient (Wildman–Crippen LogP) is 7.50. The topological polar surface area (TPSA) is 67.8 Å². The van der Waals surface area contributed by atoms with Crippen LogP contribution in [0.25, 0.3) is 0 Å². The fourth-order valence-corrected chi connectivity index (χ4v) is 5.74. The van der Waals surface area contributed by atoms with E-state index in [1.807, 2.05) is 42.5 Å². The molecular formula is C39H43N3O2. The molecule has 0 amide bonds. The summed E-state index contributed by atoms with van der Waals surface area (Å²) in [5, 5.41) is 29.8. The third-order valence-corrected chi connectivity index (χ3v) is 7.84. The number of phenolic OH excluding ortho intramolecular Hbond substituents is 2. The molecule has 5 heteroatoms. The Kier molecular flexibility index (Phi) is 10.8. The summed E-state index contributed by atoms with van der Waals surface area (Å²) in [6.45, 7) is 8.55. The molecule has 0 saturated heterocycles. The van der Waals surface area contributed by atoms with E-state index in [0.29, 0.717) is 44.2 Å². The molecule has 5 aromatic rings. The highest BCUT2D eigenvalue weighted by Gasteiger charge is 2.17. The van der Waals surface area contributed by atoms with Crippen LogP contribution >= 0.6 is 0 Å². The predicted molar refractivity (Wildman–Crippen MR) is 179 cm³/mol. The molecular weight excluding hydrogens is 542 g/mol. The quantitative estimate of drug-likeness (QED) is 0.109. The summed E-state index contributed by atoms with van der Waals surface area (Å²) in [6.07, 6.45) is 0. The Morgan fingerprint density at radius 1 is 0.455 bits per heavy atom. The van der Waals surface area contributed by atoms with E-state index in [1.165, 1.54) is 16.7 Å². The smallest absolute Gasteiger partial charge is 0.124 e. The van der Waals surface area contributed by atoms with Gasteiger partial charge in [0.25, 0.3) is 0 Å². The lowest BCUT2D eigenvalue weighted by molar-refractivity contribution is 0.240. The van der Waals surface area contributed by atoms with Gasteiger partial charge in [-0.3, -0.25) is 4.90 Å². The Morgan fingerprint density at radius 2 is 0.818 bits per heavy atom. The first-order valence-corrected chi connectivity index (χ1v) is 15.3. The molecule has 0 unspecified atom stereocenters. The van der Waals surface area contributed by atoms with Gasteiger partial charge in [0, 0.05) is 68.1 Å². The maximum Gasteiger partial charge on any atom is 0.124 e. The number of hydrogen-bond donors (Lipinski definition) is 4. The van der Waals surface area contributed by atoms with Gasteiger partial charge < -0.3 is 20.8 Å². The van der Waals surface area contributed by atoms with E-state index < -0.39 is 0 Å². The van der Waals surface area contributed by atoms with E-state index in [2.05, 4.69) is 102 Å². The normalized spacial score (nSPS) is 11.2. The molecule has 0 aliphatic rings. The van der Waals surface area contributed by atoms with E-state index in [0.717, 1.165) is 46.5 Å². The molecule has 0 heterocycles. The SMILES string of the molecule is Cc1cc(CNCc2ccccc2)c(O)c(CN(Cc2ccccc2)Cc2cc(C)cc(CNCc3ccccc3)c2O)c1. The Balaban J connectivity index is 1.34. The van der Waals surface area contributed by atoms with Gasteiger partial charge in [0.1, 0.15) is 11.5 Å². The number of hydrogen-bond acceptors (Lipinski definition) is 5. The van der Waals surface area contributed by atoms with Crippen LogP contribution in [0.3, 0.4) is 0 Å². The summed E-state index contributed by atoms with van der Waals surface area (Å²) in [6, 6.07) is 39.2. The highest BCUT2D eigenvalue weighted by molar-refractivity contribution is 5.45. The average Bonchev–Trinajstić information content (AvgIpc) is 3.03. The van der Waals surface area contributed by atoms with Gasteiger partial charge >= 0.3 is 0 Å². The summed E-state index contributed by atoms with van der Waals surface area (Å²) in [5.41, 5.74) is 9.37. The van der Waals surface area contributed by atoms with Crippen LogP contribution < -0.4 is 10.6 Å². The van der Waals surface area contributed by atoms with Crippen molar-refractivity contribution in [1.29, 1.82) is 0 Å². The maximum atomic E-state index is 11.4. The molecule has 0 saturated carbocycles. The minimum Gasteiger partial charge on any atom is -0.507 e. The van der Waals surface area contributed by atoms with Crippen LogP contribution in [0.4, 0.5) is 0 Å². The van der Waals surface area contributed by atoms with E-state index in [9.17, 15) is 10.2 Å². The lowest BCUT2D eigenvalue weighted by Gasteiger charge is -2.25. The van der Waals surface area contributed by atoms with Crippen molar-refractivity contribution < 1.29 is 10.2 Å². The summed E-state index contributed by atoms with van der Waals surface area (Å²) in [5.74, 6) is 0.655. The van der Waals surface area contributed by atoms with Crippen LogP contribution in [-0.2, 0) is 45.8 Å².